The highest BCUT2D eigenvalue weighted by molar-refractivity contribution is 5.94. The van der Waals surface area contributed by atoms with Crippen LogP contribution in [-0.2, 0) is 4.79 Å². The van der Waals surface area contributed by atoms with Crippen LogP contribution in [0.3, 0.4) is 0 Å². The van der Waals surface area contributed by atoms with Crippen molar-refractivity contribution in [2.45, 2.75) is 26.3 Å². The number of amides is 1. The van der Waals surface area contributed by atoms with Crippen molar-refractivity contribution in [1.82, 2.24) is 10.3 Å². The van der Waals surface area contributed by atoms with Crippen LogP contribution in [0.2, 0.25) is 0 Å². The van der Waals surface area contributed by atoms with Gasteiger partial charge in [-0.1, -0.05) is 20.3 Å². The molecule has 2 unspecified atom stereocenters. The molecule has 0 bridgehead atoms. The number of nitrogens with zero attached hydrogens (tertiary/aromatic N) is 1. The Morgan fingerprint density at radius 2 is 2.17 bits per heavy atom. The van der Waals surface area contributed by atoms with Gasteiger partial charge in [0.2, 0.25) is 0 Å². The summed E-state index contributed by atoms with van der Waals surface area (Å²) < 4.78 is 12.6. The van der Waals surface area contributed by atoms with Gasteiger partial charge in [-0.15, -0.1) is 0 Å². The number of hydrogen-bond donors (Lipinski definition) is 2. The maximum atomic E-state index is 12.6. The Hall–Kier alpha value is -1.98. The summed E-state index contributed by atoms with van der Waals surface area (Å²) in [6.45, 7) is 3.57. The monoisotopic (exact) mass is 254 g/mol. The van der Waals surface area contributed by atoms with Gasteiger partial charge < -0.3 is 10.4 Å². The molecule has 1 amide bonds. The number of halogens is 1. The molecule has 0 aliphatic heterocycles. The van der Waals surface area contributed by atoms with Gasteiger partial charge in [-0.05, 0) is 18.1 Å². The average Bonchev–Trinajstić information content (AvgIpc) is 2.35. The van der Waals surface area contributed by atoms with Crippen LogP contribution < -0.4 is 5.32 Å². The molecular formula is C12H15FN2O3. The fourth-order valence-electron chi connectivity index (χ4n) is 1.41. The number of rotatable bonds is 5. The van der Waals surface area contributed by atoms with E-state index in [4.69, 9.17) is 5.11 Å². The van der Waals surface area contributed by atoms with Gasteiger partial charge in [-0.3, -0.25) is 4.79 Å². The van der Waals surface area contributed by atoms with Crippen LogP contribution in [0.15, 0.2) is 18.3 Å². The molecule has 0 aromatic carbocycles. The van der Waals surface area contributed by atoms with E-state index in [1.165, 1.54) is 6.07 Å². The maximum Gasteiger partial charge on any atom is 0.326 e. The van der Waals surface area contributed by atoms with Crippen molar-refractivity contribution in [2.75, 3.05) is 0 Å². The molecule has 0 aliphatic rings. The first-order valence-electron chi connectivity index (χ1n) is 5.61. The van der Waals surface area contributed by atoms with Gasteiger partial charge in [0.05, 0.1) is 6.20 Å². The van der Waals surface area contributed by atoms with Crippen LogP contribution in [0, 0.1) is 11.7 Å². The molecule has 1 rings (SSSR count). The molecule has 1 aromatic rings. The summed E-state index contributed by atoms with van der Waals surface area (Å²) in [5, 5.41) is 11.4. The molecule has 0 fully saturated rings. The van der Waals surface area contributed by atoms with E-state index in [-0.39, 0.29) is 11.6 Å². The molecular weight excluding hydrogens is 239 g/mol. The van der Waals surface area contributed by atoms with E-state index in [1.54, 1.807) is 6.92 Å². The number of nitrogens with one attached hydrogen (secondary N) is 1. The second-order valence-electron chi connectivity index (χ2n) is 4.04. The molecule has 2 N–H and O–H groups in total. The summed E-state index contributed by atoms with van der Waals surface area (Å²) >= 11 is 0. The Morgan fingerprint density at radius 1 is 1.50 bits per heavy atom. The lowest BCUT2D eigenvalue weighted by atomic mass is 9.99. The molecule has 0 saturated carbocycles. The van der Waals surface area contributed by atoms with Gasteiger partial charge in [0.15, 0.2) is 0 Å². The topological polar surface area (TPSA) is 79.3 Å². The van der Waals surface area contributed by atoms with Gasteiger partial charge in [0.1, 0.15) is 17.6 Å². The Labute approximate surface area is 104 Å². The first-order valence-corrected chi connectivity index (χ1v) is 5.61. The number of carboxylic acid groups (broad SMARTS) is 1. The number of carbonyl (C=O) groups is 2. The summed E-state index contributed by atoms with van der Waals surface area (Å²) in [5.41, 5.74) is -0.00838. The first-order chi connectivity index (χ1) is 8.45. The highest BCUT2D eigenvalue weighted by Gasteiger charge is 2.26. The summed E-state index contributed by atoms with van der Waals surface area (Å²) in [4.78, 5) is 26.4. The minimum atomic E-state index is -1.10. The molecule has 0 saturated heterocycles. The van der Waals surface area contributed by atoms with E-state index in [2.05, 4.69) is 10.3 Å². The number of pyridine rings is 1. The van der Waals surface area contributed by atoms with E-state index in [9.17, 15) is 14.0 Å². The Bertz CT molecular complexity index is 433. The van der Waals surface area contributed by atoms with Crippen molar-refractivity contribution in [3.8, 4) is 0 Å². The number of aliphatic carboxylic acids is 1. The highest BCUT2D eigenvalue weighted by atomic mass is 19.1. The third-order valence-electron chi connectivity index (χ3n) is 2.73. The zero-order valence-corrected chi connectivity index (χ0v) is 10.2. The predicted octanol–water partition coefficient (Wildman–Crippen LogP) is 1.45. The number of carbonyl (C=O) groups excluding carboxylic acids is 1. The Morgan fingerprint density at radius 3 is 2.61 bits per heavy atom. The van der Waals surface area contributed by atoms with E-state index in [0.717, 1.165) is 12.3 Å². The quantitative estimate of drug-likeness (QED) is 0.833. The van der Waals surface area contributed by atoms with Crippen molar-refractivity contribution in [3.05, 3.63) is 29.8 Å². The van der Waals surface area contributed by atoms with Crippen LogP contribution in [-0.4, -0.2) is 28.0 Å². The summed E-state index contributed by atoms with van der Waals surface area (Å²) in [7, 11) is 0. The largest absolute Gasteiger partial charge is 0.480 e. The van der Waals surface area contributed by atoms with Gasteiger partial charge in [0, 0.05) is 0 Å². The van der Waals surface area contributed by atoms with Gasteiger partial charge in [0.25, 0.3) is 5.91 Å². The standard InChI is InChI=1S/C12H15FN2O3/c1-3-7(2)10(12(17)18)15-11(16)9-5-4-8(13)6-14-9/h4-7,10H,3H2,1-2H3,(H,15,16)(H,17,18). The second kappa shape index (κ2) is 6.09. The molecule has 98 valence electrons. The fraction of sp³-hybridized carbons (Fsp3) is 0.417. The van der Waals surface area contributed by atoms with Gasteiger partial charge in [-0.25, -0.2) is 14.2 Å². The normalized spacial score (nSPS) is 13.7. The first kappa shape index (κ1) is 14.1. The molecule has 18 heavy (non-hydrogen) atoms. The lowest BCUT2D eigenvalue weighted by Gasteiger charge is -2.19. The van der Waals surface area contributed by atoms with Crippen LogP contribution in [0.25, 0.3) is 0 Å². The van der Waals surface area contributed by atoms with Gasteiger partial charge >= 0.3 is 5.97 Å². The maximum absolute atomic E-state index is 12.6. The van der Waals surface area contributed by atoms with Crippen LogP contribution in [0.5, 0.6) is 0 Å². The summed E-state index contributed by atoms with van der Waals surface area (Å²) in [6, 6.07) is 1.33. The number of hydrogen-bond acceptors (Lipinski definition) is 3. The van der Waals surface area contributed by atoms with Crippen molar-refractivity contribution >= 4 is 11.9 Å². The van der Waals surface area contributed by atoms with Crippen molar-refractivity contribution in [1.29, 1.82) is 0 Å². The predicted molar refractivity (Wildman–Crippen MR) is 62.5 cm³/mol. The molecule has 1 aromatic heterocycles. The zero-order chi connectivity index (χ0) is 13.7. The third-order valence-corrected chi connectivity index (χ3v) is 2.73. The Balaban J connectivity index is 2.78. The minimum Gasteiger partial charge on any atom is -0.480 e. The van der Waals surface area contributed by atoms with Crippen LogP contribution in [0.4, 0.5) is 4.39 Å². The molecule has 6 heteroatoms. The third kappa shape index (κ3) is 3.51. The summed E-state index contributed by atoms with van der Waals surface area (Å²) in [5.74, 6) is -2.47. The van der Waals surface area contributed by atoms with E-state index in [1.807, 2.05) is 6.92 Å². The number of carboxylic acids is 1. The average molecular weight is 254 g/mol. The minimum absolute atomic E-state index is 0.00838. The van der Waals surface area contributed by atoms with Crippen LogP contribution in [0.1, 0.15) is 30.8 Å². The SMILES string of the molecule is CCC(C)C(NC(=O)c1ccc(F)cn1)C(=O)O. The Kier molecular flexibility index (Phi) is 4.76. The smallest absolute Gasteiger partial charge is 0.326 e. The molecule has 0 spiro atoms. The van der Waals surface area contributed by atoms with E-state index < -0.39 is 23.7 Å². The fourth-order valence-corrected chi connectivity index (χ4v) is 1.41. The second-order valence-corrected chi connectivity index (χ2v) is 4.04. The lowest BCUT2D eigenvalue weighted by molar-refractivity contribution is -0.140. The van der Waals surface area contributed by atoms with Crippen molar-refractivity contribution in [3.63, 3.8) is 0 Å². The molecule has 2 atom stereocenters. The molecule has 0 radical (unpaired) electrons. The van der Waals surface area contributed by atoms with Crippen LogP contribution >= 0.6 is 0 Å². The zero-order valence-electron chi connectivity index (χ0n) is 10.2. The molecule has 5 nitrogen and oxygen atoms in total. The highest BCUT2D eigenvalue weighted by Crippen LogP contribution is 2.09. The molecule has 1 heterocycles. The molecule has 0 aliphatic carbocycles. The van der Waals surface area contributed by atoms with Crippen molar-refractivity contribution < 1.29 is 19.1 Å². The van der Waals surface area contributed by atoms with E-state index in [0.29, 0.717) is 6.42 Å². The number of aromatic nitrogens is 1. The van der Waals surface area contributed by atoms with E-state index >= 15 is 0 Å². The van der Waals surface area contributed by atoms with Gasteiger partial charge in [-0.2, -0.15) is 0 Å². The lowest BCUT2D eigenvalue weighted by Crippen LogP contribution is -2.45. The van der Waals surface area contributed by atoms with Crippen molar-refractivity contribution in [2.24, 2.45) is 5.92 Å². The summed E-state index contributed by atoms with van der Waals surface area (Å²) in [6.07, 6.45) is 1.53.